The van der Waals surface area contributed by atoms with E-state index in [1.807, 2.05) is 49.4 Å². The van der Waals surface area contributed by atoms with Crippen LogP contribution in [0.2, 0.25) is 5.02 Å². The van der Waals surface area contributed by atoms with Gasteiger partial charge < -0.3 is 14.8 Å². The topological polar surface area (TPSA) is 64.6 Å². The van der Waals surface area contributed by atoms with Gasteiger partial charge in [0.15, 0.2) is 6.61 Å². The fourth-order valence-electron chi connectivity index (χ4n) is 2.44. The Balaban J connectivity index is 1.72. The largest absolute Gasteiger partial charge is 0.497 e. The number of esters is 1. The lowest BCUT2D eigenvalue weighted by atomic mass is 10.1. The summed E-state index contributed by atoms with van der Waals surface area (Å²) in [5, 5.41) is 3.34. The molecule has 1 amide bonds. The molecule has 0 fully saturated rings. The molecule has 26 heavy (non-hydrogen) atoms. The van der Waals surface area contributed by atoms with Gasteiger partial charge in [-0.2, -0.15) is 0 Å². The first kappa shape index (κ1) is 19.8. The molecule has 0 saturated carbocycles. The van der Waals surface area contributed by atoms with Crippen LogP contribution in [0, 0.1) is 0 Å². The number of amides is 1. The van der Waals surface area contributed by atoms with Crippen molar-refractivity contribution >= 4 is 23.5 Å². The molecule has 2 aromatic carbocycles. The molecule has 0 radical (unpaired) electrons. The van der Waals surface area contributed by atoms with Gasteiger partial charge in [-0.1, -0.05) is 41.9 Å². The van der Waals surface area contributed by atoms with E-state index >= 15 is 0 Å². The summed E-state index contributed by atoms with van der Waals surface area (Å²) in [7, 11) is 1.60. The first-order valence-corrected chi connectivity index (χ1v) is 8.69. The summed E-state index contributed by atoms with van der Waals surface area (Å²) in [6.07, 6.45) is 0.750. The highest BCUT2D eigenvalue weighted by Gasteiger charge is 2.14. The van der Waals surface area contributed by atoms with Crippen LogP contribution in [-0.4, -0.2) is 25.6 Å². The number of carbonyl (C=O) groups is 2. The van der Waals surface area contributed by atoms with Crippen LogP contribution in [0.5, 0.6) is 5.75 Å². The molecule has 0 spiro atoms. The van der Waals surface area contributed by atoms with Crippen LogP contribution in [0.4, 0.5) is 0 Å². The zero-order chi connectivity index (χ0) is 18.9. The van der Waals surface area contributed by atoms with Gasteiger partial charge >= 0.3 is 5.97 Å². The molecule has 1 atom stereocenters. The van der Waals surface area contributed by atoms with E-state index in [1.54, 1.807) is 13.2 Å². The molecule has 0 aliphatic carbocycles. The van der Waals surface area contributed by atoms with E-state index in [0.29, 0.717) is 11.4 Å². The molecule has 6 heteroatoms. The van der Waals surface area contributed by atoms with Gasteiger partial charge in [-0.15, -0.1) is 0 Å². The highest BCUT2D eigenvalue weighted by molar-refractivity contribution is 6.31. The van der Waals surface area contributed by atoms with Crippen LogP contribution in [0.1, 0.15) is 30.5 Å². The van der Waals surface area contributed by atoms with Crippen molar-refractivity contribution in [3.8, 4) is 5.75 Å². The molecule has 5 nitrogen and oxygen atoms in total. The van der Waals surface area contributed by atoms with Gasteiger partial charge in [0.25, 0.3) is 5.91 Å². The number of hydrogen-bond donors (Lipinski definition) is 1. The van der Waals surface area contributed by atoms with E-state index in [4.69, 9.17) is 21.1 Å². The Morgan fingerprint density at radius 2 is 1.81 bits per heavy atom. The predicted octanol–water partition coefficient (Wildman–Crippen LogP) is 3.70. The van der Waals surface area contributed by atoms with Crippen molar-refractivity contribution < 1.29 is 19.1 Å². The number of nitrogens with one attached hydrogen (secondary N) is 1. The van der Waals surface area contributed by atoms with E-state index in [9.17, 15) is 9.59 Å². The highest BCUT2D eigenvalue weighted by atomic mass is 35.5. The fourth-order valence-corrected chi connectivity index (χ4v) is 2.74. The lowest BCUT2D eigenvalue weighted by Crippen LogP contribution is -2.31. The third-order valence-electron chi connectivity index (χ3n) is 3.89. The third kappa shape index (κ3) is 6.08. The number of rotatable bonds is 8. The first-order chi connectivity index (χ1) is 12.5. The first-order valence-electron chi connectivity index (χ1n) is 8.32. The smallest absolute Gasteiger partial charge is 0.306 e. The van der Waals surface area contributed by atoms with Crippen LogP contribution in [0.15, 0.2) is 48.5 Å². The highest BCUT2D eigenvalue weighted by Crippen LogP contribution is 2.21. The summed E-state index contributed by atoms with van der Waals surface area (Å²) in [6, 6.07) is 14.5. The quantitative estimate of drug-likeness (QED) is 0.714. The Bertz CT molecular complexity index is 746. The Hall–Kier alpha value is -2.53. The number of carbonyl (C=O) groups excluding carboxylic acids is 2. The Morgan fingerprint density at radius 1 is 1.12 bits per heavy atom. The maximum absolute atomic E-state index is 11.9. The molecule has 0 aromatic heterocycles. The molecule has 0 bridgehead atoms. The van der Waals surface area contributed by atoms with Gasteiger partial charge in [0.2, 0.25) is 0 Å². The molecule has 0 heterocycles. The lowest BCUT2D eigenvalue weighted by molar-refractivity contribution is -0.148. The number of benzene rings is 2. The molecule has 2 rings (SSSR count). The molecule has 2 aromatic rings. The average Bonchev–Trinajstić information content (AvgIpc) is 2.65. The SMILES string of the molecule is COc1ccc(CCC(=O)OCC(=O)N[C@H](C)c2ccccc2Cl)cc1. The second kappa shape index (κ2) is 9.82. The molecule has 0 aliphatic rings. The van der Waals surface area contributed by atoms with E-state index in [2.05, 4.69) is 5.32 Å². The number of halogens is 1. The van der Waals surface area contributed by atoms with Crippen LogP contribution < -0.4 is 10.1 Å². The zero-order valence-electron chi connectivity index (χ0n) is 14.8. The predicted molar refractivity (Wildman–Crippen MR) is 100 cm³/mol. The summed E-state index contributed by atoms with van der Waals surface area (Å²) in [5.41, 5.74) is 1.81. The Morgan fingerprint density at radius 3 is 2.46 bits per heavy atom. The lowest BCUT2D eigenvalue weighted by Gasteiger charge is -2.15. The Kier molecular flexibility index (Phi) is 7.48. The van der Waals surface area contributed by atoms with Crippen molar-refractivity contribution in [1.82, 2.24) is 5.32 Å². The number of hydrogen-bond acceptors (Lipinski definition) is 4. The standard InChI is InChI=1S/C20H22ClNO4/c1-14(17-5-3-4-6-18(17)21)22-19(23)13-26-20(24)12-9-15-7-10-16(25-2)11-8-15/h3-8,10-11,14H,9,12-13H2,1-2H3,(H,22,23)/t14-/m1/s1. The van der Waals surface area contributed by atoms with Gasteiger partial charge in [0, 0.05) is 11.4 Å². The van der Waals surface area contributed by atoms with E-state index in [-0.39, 0.29) is 25.0 Å². The average molecular weight is 376 g/mol. The van der Waals surface area contributed by atoms with Crippen molar-refractivity contribution in [2.24, 2.45) is 0 Å². The molecule has 1 N–H and O–H groups in total. The molecule has 138 valence electrons. The van der Waals surface area contributed by atoms with Crippen molar-refractivity contribution in [2.75, 3.05) is 13.7 Å². The maximum Gasteiger partial charge on any atom is 0.306 e. The fraction of sp³-hybridized carbons (Fsp3) is 0.300. The number of aryl methyl sites for hydroxylation is 1. The second-order valence-corrected chi connectivity index (χ2v) is 6.23. The van der Waals surface area contributed by atoms with Crippen molar-refractivity contribution in [3.63, 3.8) is 0 Å². The third-order valence-corrected chi connectivity index (χ3v) is 4.23. The molecule has 0 aliphatic heterocycles. The summed E-state index contributed by atoms with van der Waals surface area (Å²) in [5.74, 6) is -0.0165. The normalized spacial score (nSPS) is 11.5. The van der Waals surface area contributed by atoms with Gasteiger partial charge in [-0.05, 0) is 42.7 Å². The van der Waals surface area contributed by atoms with Crippen LogP contribution >= 0.6 is 11.6 Å². The van der Waals surface area contributed by atoms with Gasteiger partial charge in [-0.3, -0.25) is 9.59 Å². The van der Waals surface area contributed by atoms with Crippen LogP contribution in [0.25, 0.3) is 0 Å². The summed E-state index contributed by atoms with van der Waals surface area (Å²) in [6.45, 7) is 1.51. The summed E-state index contributed by atoms with van der Waals surface area (Å²) >= 11 is 6.10. The summed E-state index contributed by atoms with van der Waals surface area (Å²) in [4.78, 5) is 23.7. The van der Waals surface area contributed by atoms with E-state index in [1.165, 1.54) is 0 Å². The van der Waals surface area contributed by atoms with E-state index in [0.717, 1.165) is 16.9 Å². The zero-order valence-corrected chi connectivity index (χ0v) is 15.6. The molecule has 0 saturated heterocycles. The van der Waals surface area contributed by atoms with E-state index < -0.39 is 5.97 Å². The van der Waals surface area contributed by atoms with Crippen molar-refractivity contribution in [3.05, 3.63) is 64.7 Å². The van der Waals surface area contributed by atoms with Gasteiger partial charge in [0.05, 0.1) is 13.2 Å². The van der Waals surface area contributed by atoms with Crippen LogP contribution in [0.3, 0.4) is 0 Å². The Labute approximate surface area is 158 Å². The van der Waals surface area contributed by atoms with Crippen molar-refractivity contribution in [1.29, 1.82) is 0 Å². The van der Waals surface area contributed by atoms with Gasteiger partial charge in [0.1, 0.15) is 5.75 Å². The van der Waals surface area contributed by atoms with Crippen LogP contribution in [-0.2, 0) is 20.7 Å². The minimum Gasteiger partial charge on any atom is -0.497 e. The second-order valence-electron chi connectivity index (χ2n) is 5.82. The minimum atomic E-state index is -0.415. The monoisotopic (exact) mass is 375 g/mol. The molecule has 0 unspecified atom stereocenters. The minimum absolute atomic E-state index is 0.208. The maximum atomic E-state index is 11.9. The molecular weight excluding hydrogens is 354 g/mol. The number of methoxy groups -OCH3 is 1. The van der Waals surface area contributed by atoms with Crippen molar-refractivity contribution in [2.45, 2.75) is 25.8 Å². The number of ether oxygens (including phenoxy) is 2. The molecular formula is C20H22ClNO4. The van der Waals surface area contributed by atoms with Gasteiger partial charge in [-0.25, -0.2) is 0 Å². The summed E-state index contributed by atoms with van der Waals surface area (Å²) < 4.78 is 10.1.